The second-order valence-electron chi connectivity index (χ2n) is 5.86. The number of likely N-dealkylation sites (tertiary alicyclic amines) is 1. The summed E-state index contributed by atoms with van der Waals surface area (Å²) in [6.45, 7) is 5.25. The van der Waals surface area contributed by atoms with E-state index < -0.39 is 5.69 Å². The third-order valence-corrected chi connectivity index (χ3v) is 4.36. The summed E-state index contributed by atoms with van der Waals surface area (Å²) in [5.74, 6) is -0.0119. The smallest absolute Gasteiger partial charge is 0.302 e. The number of rotatable bonds is 3. The Morgan fingerprint density at radius 1 is 1.35 bits per heavy atom. The average Bonchev–Trinajstić information content (AvgIpc) is 2.35. The van der Waals surface area contributed by atoms with Crippen molar-refractivity contribution < 1.29 is 0 Å². The Morgan fingerprint density at radius 2 is 2.05 bits per heavy atom. The first-order valence-corrected chi connectivity index (χ1v) is 7.52. The van der Waals surface area contributed by atoms with E-state index in [0.717, 1.165) is 19.4 Å². The van der Waals surface area contributed by atoms with Crippen LogP contribution in [-0.2, 0) is 6.54 Å². The summed E-state index contributed by atoms with van der Waals surface area (Å²) in [6.07, 6.45) is 3.34. The summed E-state index contributed by atoms with van der Waals surface area (Å²) < 4.78 is 1.30. The molecule has 0 aromatic carbocycles. The van der Waals surface area contributed by atoms with Crippen LogP contribution in [0.2, 0.25) is 5.15 Å². The first-order chi connectivity index (χ1) is 9.41. The molecule has 1 aliphatic heterocycles. The lowest BCUT2D eigenvalue weighted by Gasteiger charge is -2.32. The van der Waals surface area contributed by atoms with Crippen molar-refractivity contribution >= 4 is 11.6 Å². The van der Waals surface area contributed by atoms with Gasteiger partial charge in [-0.2, -0.15) is 0 Å². The molecule has 1 aliphatic rings. The molecule has 2 heterocycles. The van der Waals surface area contributed by atoms with Crippen LogP contribution in [0.5, 0.6) is 0 Å². The van der Waals surface area contributed by atoms with Crippen LogP contribution in [0.15, 0.2) is 9.59 Å². The van der Waals surface area contributed by atoms with Crippen molar-refractivity contribution in [1.29, 1.82) is 0 Å². The molecule has 1 aromatic rings. The first kappa shape index (κ1) is 15.3. The molecule has 0 spiro atoms. The van der Waals surface area contributed by atoms with Crippen molar-refractivity contribution in [2.75, 3.05) is 13.6 Å². The highest BCUT2D eigenvalue weighted by atomic mass is 35.5. The van der Waals surface area contributed by atoms with Crippen LogP contribution in [0.1, 0.15) is 44.6 Å². The van der Waals surface area contributed by atoms with Crippen LogP contribution in [-0.4, -0.2) is 34.1 Å². The molecule has 1 fully saturated rings. The van der Waals surface area contributed by atoms with Crippen LogP contribution >= 0.6 is 11.6 Å². The minimum atomic E-state index is -0.414. The van der Waals surface area contributed by atoms with E-state index in [4.69, 9.17) is 11.6 Å². The molecule has 5 nitrogen and oxygen atoms in total. The van der Waals surface area contributed by atoms with Gasteiger partial charge in [-0.1, -0.05) is 31.9 Å². The molecule has 2 rings (SSSR count). The van der Waals surface area contributed by atoms with Crippen LogP contribution < -0.4 is 11.2 Å². The van der Waals surface area contributed by atoms with Gasteiger partial charge in [-0.15, -0.1) is 0 Å². The highest BCUT2D eigenvalue weighted by Crippen LogP contribution is 2.18. The van der Waals surface area contributed by atoms with Crippen LogP contribution in [0.25, 0.3) is 0 Å². The van der Waals surface area contributed by atoms with Gasteiger partial charge in [0.05, 0.1) is 5.56 Å². The van der Waals surface area contributed by atoms with E-state index in [-0.39, 0.29) is 22.7 Å². The number of hydrogen-bond donors (Lipinski definition) is 1. The van der Waals surface area contributed by atoms with E-state index in [1.807, 2.05) is 20.9 Å². The van der Waals surface area contributed by atoms with E-state index in [0.29, 0.717) is 12.1 Å². The van der Waals surface area contributed by atoms with Gasteiger partial charge in [0.25, 0.3) is 5.56 Å². The SMILES string of the molecule is CC(C)c1c(Cl)[nH]c(=O)n(CC2CCCCN2C)c1=O. The highest BCUT2D eigenvalue weighted by Gasteiger charge is 2.22. The molecule has 0 amide bonds. The normalized spacial score (nSPS) is 20.6. The number of halogens is 1. The van der Waals surface area contributed by atoms with Crippen molar-refractivity contribution in [1.82, 2.24) is 14.5 Å². The lowest BCUT2D eigenvalue weighted by atomic mass is 10.0. The van der Waals surface area contributed by atoms with E-state index in [2.05, 4.69) is 9.88 Å². The molecule has 20 heavy (non-hydrogen) atoms. The average molecular weight is 300 g/mol. The number of piperidine rings is 1. The largest absolute Gasteiger partial charge is 0.329 e. The topological polar surface area (TPSA) is 58.1 Å². The van der Waals surface area contributed by atoms with Crippen molar-refractivity contribution in [2.45, 2.75) is 51.6 Å². The van der Waals surface area contributed by atoms with Gasteiger partial charge in [0.2, 0.25) is 0 Å². The zero-order chi connectivity index (χ0) is 14.9. The summed E-state index contributed by atoms with van der Waals surface area (Å²) >= 11 is 5.99. The number of H-pyrrole nitrogens is 1. The monoisotopic (exact) mass is 299 g/mol. The third kappa shape index (κ3) is 2.99. The van der Waals surface area contributed by atoms with Crippen LogP contribution in [0.4, 0.5) is 0 Å². The molecule has 1 unspecified atom stereocenters. The molecular formula is C14H22ClN3O2. The molecule has 0 aliphatic carbocycles. The second-order valence-corrected chi connectivity index (χ2v) is 6.24. The fourth-order valence-corrected chi connectivity index (χ4v) is 3.19. The Labute approximate surface area is 123 Å². The maximum Gasteiger partial charge on any atom is 0.329 e. The predicted octanol–water partition coefficient (Wildman–Crippen LogP) is 1.80. The van der Waals surface area contributed by atoms with Gasteiger partial charge in [0.1, 0.15) is 5.15 Å². The molecular weight excluding hydrogens is 278 g/mol. The molecule has 0 radical (unpaired) electrons. The number of hydrogen-bond acceptors (Lipinski definition) is 3. The predicted molar refractivity (Wildman–Crippen MR) is 80.7 cm³/mol. The van der Waals surface area contributed by atoms with Crippen molar-refractivity contribution in [3.63, 3.8) is 0 Å². The van der Waals surface area contributed by atoms with Gasteiger partial charge in [-0.25, -0.2) is 4.79 Å². The van der Waals surface area contributed by atoms with E-state index in [1.165, 1.54) is 11.0 Å². The quantitative estimate of drug-likeness (QED) is 0.866. The molecule has 1 aromatic heterocycles. The molecule has 0 bridgehead atoms. The maximum absolute atomic E-state index is 12.5. The minimum Gasteiger partial charge on any atom is -0.302 e. The van der Waals surface area contributed by atoms with Gasteiger partial charge < -0.3 is 4.90 Å². The summed E-state index contributed by atoms with van der Waals surface area (Å²) in [4.78, 5) is 29.3. The fraction of sp³-hybridized carbons (Fsp3) is 0.714. The molecule has 0 saturated carbocycles. The Bertz CT molecular complexity index is 591. The number of aromatic amines is 1. The zero-order valence-corrected chi connectivity index (χ0v) is 13.0. The molecule has 1 N–H and O–H groups in total. The number of aromatic nitrogens is 2. The fourth-order valence-electron chi connectivity index (χ4n) is 2.81. The Hall–Kier alpha value is -1.07. The van der Waals surface area contributed by atoms with Crippen molar-refractivity contribution in [2.24, 2.45) is 0 Å². The zero-order valence-electron chi connectivity index (χ0n) is 12.3. The number of nitrogens with zero attached hydrogens (tertiary/aromatic N) is 2. The number of nitrogens with one attached hydrogen (secondary N) is 1. The second kappa shape index (κ2) is 6.14. The number of likely N-dealkylation sites (N-methyl/N-ethyl adjacent to an activating group) is 1. The van der Waals surface area contributed by atoms with Crippen molar-refractivity contribution in [3.8, 4) is 0 Å². The molecule has 1 saturated heterocycles. The van der Waals surface area contributed by atoms with Gasteiger partial charge in [0, 0.05) is 12.6 Å². The standard InChI is InChI=1S/C14H22ClN3O2/c1-9(2)11-12(15)16-14(20)18(13(11)19)8-10-6-4-5-7-17(10)3/h9-10H,4-8H2,1-3H3,(H,16,20). The lowest BCUT2D eigenvalue weighted by molar-refractivity contribution is 0.164. The van der Waals surface area contributed by atoms with Gasteiger partial charge >= 0.3 is 5.69 Å². The third-order valence-electron chi connectivity index (χ3n) is 4.07. The van der Waals surface area contributed by atoms with Gasteiger partial charge in [-0.05, 0) is 32.4 Å². The Balaban J connectivity index is 2.39. The maximum atomic E-state index is 12.5. The van der Waals surface area contributed by atoms with E-state index in [1.54, 1.807) is 0 Å². The van der Waals surface area contributed by atoms with Gasteiger partial charge in [-0.3, -0.25) is 14.3 Å². The Morgan fingerprint density at radius 3 is 2.65 bits per heavy atom. The summed E-state index contributed by atoms with van der Waals surface area (Å²) in [5, 5.41) is 0.170. The van der Waals surface area contributed by atoms with E-state index in [9.17, 15) is 9.59 Å². The summed E-state index contributed by atoms with van der Waals surface area (Å²) in [5.41, 5.74) is -0.180. The molecule has 6 heteroatoms. The molecule has 1 atom stereocenters. The van der Waals surface area contributed by atoms with E-state index >= 15 is 0 Å². The summed E-state index contributed by atoms with van der Waals surface area (Å²) in [7, 11) is 2.04. The van der Waals surface area contributed by atoms with Crippen LogP contribution in [0, 0.1) is 0 Å². The first-order valence-electron chi connectivity index (χ1n) is 7.14. The van der Waals surface area contributed by atoms with Gasteiger partial charge in [0.15, 0.2) is 0 Å². The Kier molecular flexibility index (Phi) is 4.70. The van der Waals surface area contributed by atoms with Crippen molar-refractivity contribution in [3.05, 3.63) is 31.6 Å². The highest BCUT2D eigenvalue weighted by molar-refractivity contribution is 6.30. The minimum absolute atomic E-state index is 0.0119. The summed E-state index contributed by atoms with van der Waals surface area (Å²) in [6, 6.07) is 0.240. The lowest BCUT2D eigenvalue weighted by Crippen LogP contribution is -2.46. The molecule has 112 valence electrons. The van der Waals surface area contributed by atoms with Crippen LogP contribution in [0.3, 0.4) is 0 Å².